The first-order valence-electron chi connectivity index (χ1n) is 8.40. The van der Waals surface area contributed by atoms with Crippen molar-refractivity contribution in [3.05, 3.63) is 24.3 Å². The van der Waals surface area contributed by atoms with Crippen LogP contribution in [0.2, 0.25) is 0 Å². The predicted octanol–water partition coefficient (Wildman–Crippen LogP) is 4.86. The van der Waals surface area contributed by atoms with Crippen LogP contribution in [0.15, 0.2) is 24.3 Å². The molecule has 0 aliphatic heterocycles. The summed E-state index contributed by atoms with van der Waals surface area (Å²) < 4.78 is 0. The number of aliphatic hydroxyl groups excluding tert-OH is 1. The Bertz CT molecular complexity index is 295. The van der Waals surface area contributed by atoms with Gasteiger partial charge in [-0.25, -0.2) is 0 Å². The molecule has 0 heterocycles. The number of allylic oxidation sites excluding steroid dienone is 2. The largest absolute Gasteiger partial charge is 0.481 e. The first kappa shape index (κ1) is 19.9. The summed E-state index contributed by atoms with van der Waals surface area (Å²) in [5.74, 6) is -0.687. The fraction of sp³-hybridized carbons (Fsp3) is 0.722. The molecule has 0 amide bonds. The van der Waals surface area contributed by atoms with Gasteiger partial charge in [-0.15, -0.1) is 0 Å². The lowest BCUT2D eigenvalue weighted by Crippen LogP contribution is -1.95. The van der Waals surface area contributed by atoms with E-state index in [0.29, 0.717) is 6.42 Å². The highest BCUT2D eigenvalue weighted by Gasteiger charge is 1.96. The van der Waals surface area contributed by atoms with Gasteiger partial charge >= 0.3 is 5.97 Å². The zero-order valence-corrected chi connectivity index (χ0v) is 13.5. The molecule has 0 aliphatic carbocycles. The number of rotatable bonds is 14. The second kappa shape index (κ2) is 15.3. The SMILES string of the molecule is CCC/C=C/C(O)/C=C/CCCCCCCCCC(=O)O. The molecule has 0 fully saturated rings. The molecular weight excluding hydrogens is 264 g/mol. The van der Waals surface area contributed by atoms with E-state index in [4.69, 9.17) is 5.11 Å². The zero-order chi connectivity index (χ0) is 15.8. The summed E-state index contributed by atoms with van der Waals surface area (Å²) in [5.41, 5.74) is 0. The average molecular weight is 296 g/mol. The van der Waals surface area contributed by atoms with Gasteiger partial charge in [0.15, 0.2) is 0 Å². The van der Waals surface area contributed by atoms with E-state index >= 15 is 0 Å². The van der Waals surface area contributed by atoms with Gasteiger partial charge in [0.25, 0.3) is 0 Å². The van der Waals surface area contributed by atoms with Gasteiger partial charge in [-0.3, -0.25) is 4.79 Å². The van der Waals surface area contributed by atoms with Crippen molar-refractivity contribution in [2.45, 2.75) is 83.7 Å². The lowest BCUT2D eigenvalue weighted by molar-refractivity contribution is -0.137. The maximum Gasteiger partial charge on any atom is 0.303 e. The van der Waals surface area contributed by atoms with Gasteiger partial charge in [-0.05, 0) is 25.7 Å². The number of aliphatic hydroxyl groups is 1. The van der Waals surface area contributed by atoms with E-state index in [1.165, 1.54) is 19.3 Å². The van der Waals surface area contributed by atoms with Gasteiger partial charge in [0.05, 0.1) is 6.10 Å². The molecule has 0 saturated carbocycles. The Morgan fingerprint density at radius 2 is 1.43 bits per heavy atom. The van der Waals surface area contributed by atoms with E-state index in [1.807, 2.05) is 18.2 Å². The van der Waals surface area contributed by atoms with Crippen LogP contribution in [-0.2, 0) is 4.79 Å². The molecule has 0 radical (unpaired) electrons. The van der Waals surface area contributed by atoms with Crippen LogP contribution in [0.5, 0.6) is 0 Å². The Morgan fingerprint density at radius 1 is 0.905 bits per heavy atom. The van der Waals surface area contributed by atoms with Crippen LogP contribution < -0.4 is 0 Å². The Kier molecular flexibility index (Phi) is 14.5. The van der Waals surface area contributed by atoms with Gasteiger partial charge in [0.1, 0.15) is 0 Å². The summed E-state index contributed by atoms with van der Waals surface area (Å²) in [7, 11) is 0. The van der Waals surface area contributed by atoms with Crippen LogP contribution in [-0.4, -0.2) is 22.3 Å². The van der Waals surface area contributed by atoms with Crippen LogP contribution >= 0.6 is 0 Å². The van der Waals surface area contributed by atoms with Crippen LogP contribution in [0.25, 0.3) is 0 Å². The van der Waals surface area contributed by atoms with Crippen molar-refractivity contribution in [1.29, 1.82) is 0 Å². The van der Waals surface area contributed by atoms with E-state index in [-0.39, 0.29) is 0 Å². The molecule has 21 heavy (non-hydrogen) atoms. The molecule has 0 aromatic carbocycles. The van der Waals surface area contributed by atoms with E-state index in [9.17, 15) is 9.90 Å². The Labute approximate surface area is 129 Å². The molecule has 2 N–H and O–H groups in total. The van der Waals surface area contributed by atoms with Crippen LogP contribution in [0, 0.1) is 0 Å². The van der Waals surface area contributed by atoms with E-state index < -0.39 is 12.1 Å². The lowest BCUT2D eigenvalue weighted by atomic mass is 10.1. The van der Waals surface area contributed by atoms with Gasteiger partial charge in [-0.2, -0.15) is 0 Å². The minimum atomic E-state index is -0.687. The first-order chi connectivity index (χ1) is 10.2. The maximum absolute atomic E-state index is 10.3. The number of carboxylic acid groups (broad SMARTS) is 1. The van der Waals surface area contributed by atoms with Gasteiger partial charge in [-0.1, -0.05) is 69.8 Å². The number of carboxylic acids is 1. The number of hydrogen-bond acceptors (Lipinski definition) is 2. The van der Waals surface area contributed by atoms with Crippen molar-refractivity contribution in [1.82, 2.24) is 0 Å². The molecule has 3 heteroatoms. The van der Waals surface area contributed by atoms with Crippen molar-refractivity contribution < 1.29 is 15.0 Å². The van der Waals surface area contributed by atoms with E-state index in [1.54, 1.807) is 0 Å². The van der Waals surface area contributed by atoms with Gasteiger partial charge < -0.3 is 10.2 Å². The predicted molar refractivity (Wildman–Crippen MR) is 88.4 cm³/mol. The monoisotopic (exact) mass is 296 g/mol. The first-order valence-corrected chi connectivity index (χ1v) is 8.40. The van der Waals surface area contributed by atoms with E-state index in [0.717, 1.165) is 44.9 Å². The fourth-order valence-corrected chi connectivity index (χ4v) is 2.12. The highest BCUT2D eigenvalue weighted by Crippen LogP contribution is 2.10. The highest BCUT2D eigenvalue weighted by atomic mass is 16.4. The maximum atomic E-state index is 10.3. The molecule has 0 saturated heterocycles. The second-order valence-electron chi connectivity index (χ2n) is 5.54. The summed E-state index contributed by atoms with van der Waals surface area (Å²) in [6, 6.07) is 0. The quantitative estimate of drug-likeness (QED) is 0.355. The Balaban J connectivity index is 3.29. The molecule has 1 atom stereocenters. The molecule has 0 aliphatic rings. The van der Waals surface area contributed by atoms with Crippen molar-refractivity contribution in [3.63, 3.8) is 0 Å². The minimum absolute atomic E-state index is 0.305. The summed E-state index contributed by atoms with van der Waals surface area (Å²) in [6.45, 7) is 2.12. The lowest BCUT2D eigenvalue weighted by Gasteiger charge is -2.00. The van der Waals surface area contributed by atoms with Crippen LogP contribution in [0.4, 0.5) is 0 Å². The summed E-state index contributed by atoms with van der Waals surface area (Å²) in [6.07, 6.45) is 18.6. The Morgan fingerprint density at radius 3 is 2.00 bits per heavy atom. The normalized spacial score (nSPS) is 13.2. The van der Waals surface area contributed by atoms with Crippen LogP contribution in [0.1, 0.15) is 77.6 Å². The third-order valence-electron chi connectivity index (χ3n) is 3.38. The molecule has 0 rings (SSSR count). The zero-order valence-electron chi connectivity index (χ0n) is 13.5. The van der Waals surface area contributed by atoms with Crippen molar-refractivity contribution >= 4 is 5.97 Å². The number of carbonyl (C=O) groups is 1. The molecule has 122 valence electrons. The van der Waals surface area contributed by atoms with Crippen molar-refractivity contribution in [2.24, 2.45) is 0 Å². The third kappa shape index (κ3) is 16.9. The summed E-state index contributed by atoms with van der Waals surface area (Å²) in [5, 5.41) is 18.1. The molecule has 0 spiro atoms. The molecule has 0 bridgehead atoms. The third-order valence-corrected chi connectivity index (χ3v) is 3.38. The van der Waals surface area contributed by atoms with Crippen molar-refractivity contribution in [2.75, 3.05) is 0 Å². The molecule has 0 aromatic rings. The standard InChI is InChI=1S/C18H32O3/c1-2-3-11-14-17(19)15-12-9-7-5-4-6-8-10-13-16-18(20)21/h11-12,14-15,17,19H,2-10,13,16H2,1H3,(H,20,21)/b14-11+,15-12+. The Hall–Kier alpha value is -1.09. The minimum Gasteiger partial charge on any atom is -0.481 e. The molecular formula is C18H32O3. The average Bonchev–Trinajstić information content (AvgIpc) is 2.44. The smallest absolute Gasteiger partial charge is 0.303 e. The fourth-order valence-electron chi connectivity index (χ4n) is 2.12. The number of unbranched alkanes of at least 4 members (excludes halogenated alkanes) is 8. The number of aliphatic carboxylic acids is 1. The highest BCUT2D eigenvalue weighted by molar-refractivity contribution is 5.66. The molecule has 1 unspecified atom stereocenters. The van der Waals surface area contributed by atoms with Gasteiger partial charge in [0.2, 0.25) is 0 Å². The molecule has 0 aromatic heterocycles. The van der Waals surface area contributed by atoms with Crippen molar-refractivity contribution in [3.8, 4) is 0 Å². The van der Waals surface area contributed by atoms with E-state index in [2.05, 4.69) is 13.0 Å². The van der Waals surface area contributed by atoms with Gasteiger partial charge in [0, 0.05) is 6.42 Å². The summed E-state index contributed by atoms with van der Waals surface area (Å²) >= 11 is 0. The summed E-state index contributed by atoms with van der Waals surface area (Å²) in [4.78, 5) is 10.3. The van der Waals surface area contributed by atoms with Crippen LogP contribution in [0.3, 0.4) is 0 Å². The number of hydrogen-bond donors (Lipinski definition) is 2. The second-order valence-corrected chi connectivity index (χ2v) is 5.54. The molecule has 3 nitrogen and oxygen atoms in total. The topological polar surface area (TPSA) is 57.5 Å².